The van der Waals surface area contributed by atoms with Gasteiger partial charge in [0.2, 0.25) is 0 Å². The fourth-order valence-corrected chi connectivity index (χ4v) is 2.22. The molecule has 0 aliphatic carbocycles. The first-order valence-electron chi connectivity index (χ1n) is 7.83. The summed E-state index contributed by atoms with van der Waals surface area (Å²) in [6.07, 6.45) is -2.81. The third-order valence-corrected chi connectivity index (χ3v) is 3.57. The molecule has 0 saturated carbocycles. The van der Waals surface area contributed by atoms with Crippen molar-refractivity contribution >= 4 is 11.9 Å². The van der Waals surface area contributed by atoms with E-state index in [1.165, 1.54) is 0 Å². The van der Waals surface area contributed by atoms with Crippen molar-refractivity contribution in [2.75, 3.05) is 0 Å². The molecule has 0 aliphatic rings. The quantitative estimate of drug-likeness (QED) is 0.688. The zero-order chi connectivity index (χ0) is 18.1. The second kappa shape index (κ2) is 9.56. The third kappa shape index (κ3) is 6.37. The SMILES string of the molecule is O=C(O)C(CC(OCc1ccccc1)C(=O)O)OCc1ccccc1. The Kier molecular flexibility index (Phi) is 7.13. The van der Waals surface area contributed by atoms with Crippen LogP contribution in [-0.4, -0.2) is 34.4 Å². The maximum absolute atomic E-state index is 11.4. The Balaban J connectivity index is 1.93. The van der Waals surface area contributed by atoms with Crippen molar-refractivity contribution in [3.63, 3.8) is 0 Å². The predicted octanol–water partition coefficient (Wildman–Crippen LogP) is 2.72. The van der Waals surface area contributed by atoms with E-state index in [-0.39, 0.29) is 19.6 Å². The van der Waals surface area contributed by atoms with Gasteiger partial charge in [0.15, 0.2) is 12.2 Å². The van der Waals surface area contributed by atoms with Gasteiger partial charge in [-0.15, -0.1) is 0 Å². The Morgan fingerprint density at radius 3 is 1.40 bits per heavy atom. The van der Waals surface area contributed by atoms with Crippen molar-refractivity contribution in [1.29, 1.82) is 0 Å². The van der Waals surface area contributed by atoms with Crippen molar-refractivity contribution < 1.29 is 29.3 Å². The van der Waals surface area contributed by atoms with Gasteiger partial charge in [0.05, 0.1) is 13.2 Å². The van der Waals surface area contributed by atoms with Crippen LogP contribution < -0.4 is 0 Å². The lowest BCUT2D eigenvalue weighted by Gasteiger charge is -2.19. The van der Waals surface area contributed by atoms with E-state index in [0.717, 1.165) is 11.1 Å². The largest absolute Gasteiger partial charge is 0.479 e. The van der Waals surface area contributed by atoms with Crippen LogP contribution in [0.25, 0.3) is 0 Å². The summed E-state index contributed by atoms with van der Waals surface area (Å²) < 4.78 is 10.8. The van der Waals surface area contributed by atoms with Gasteiger partial charge in [-0.2, -0.15) is 0 Å². The van der Waals surface area contributed by atoms with Gasteiger partial charge in [0, 0.05) is 6.42 Å². The van der Waals surface area contributed by atoms with Gasteiger partial charge in [-0.25, -0.2) is 9.59 Å². The molecule has 2 aromatic carbocycles. The van der Waals surface area contributed by atoms with E-state index in [2.05, 4.69) is 0 Å². The number of hydrogen-bond donors (Lipinski definition) is 2. The molecule has 0 aromatic heterocycles. The lowest BCUT2D eigenvalue weighted by Crippen LogP contribution is -2.34. The molecule has 0 amide bonds. The number of carboxylic acid groups (broad SMARTS) is 2. The molecule has 0 radical (unpaired) electrons. The van der Waals surface area contributed by atoms with Crippen molar-refractivity contribution in [1.82, 2.24) is 0 Å². The molecule has 0 spiro atoms. The number of rotatable bonds is 10. The van der Waals surface area contributed by atoms with Crippen LogP contribution >= 0.6 is 0 Å². The first kappa shape index (κ1) is 18.6. The summed E-state index contributed by atoms with van der Waals surface area (Å²) in [5.74, 6) is -2.43. The number of carbonyl (C=O) groups is 2. The van der Waals surface area contributed by atoms with Crippen LogP contribution in [0.3, 0.4) is 0 Å². The second-order valence-electron chi connectivity index (χ2n) is 5.48. The first-order chi connectivity index (χ1) is 12.1. The number of hydrogen-bond acceptors (Lipinski definition) is 4. The molecule has 0 heterocycles. The van der Waals surface area contributed by atoms with Crippen LogP contribution in [0.2, 0.25) is 0 Å². The molecular weight excluding hydrogens is 324 g/mol. The number of benzene rings is 2. The summed E-state index contributed by atoms with van der Waals surface area (Å²) in [5, 5.41) is 18.6. The maximum atomic E-state index is 11.4. The van der Waals surface area contributed by atoms with Crippen molar-refractivity contribution in [2.24, 2.45) is 0 Å². The van der Waals surface area contributed by atoms with Gasteiger partial charge in [-0.05, 0) is 11.1 Å². The normalized spacial score (nSPS) is 13.1. The summed E-state index contributed by atoms with van der Waals surface area (Å²) in [4.78, 5) is 22.8. The molecule has 2 atom stereocenters. The van der Waals surface area contributed by atoms with Crippen molar-refractivity contribution in [2.45, 2.75) is 31.8 Å². The fourth-order valence-electron chi connectivity index (χ4n) is 2.22. The molecule has 132 valence electrons. The third-order valence-electron chi connectivity index (χ3n) is 3.57. The van der Waals surface area contributed by atoms with Crippen LogP contribution in [0.15, 0.2) is 60.7 Å². The molecule has 0 fully saturated rings. The van der Waals surface area contributed by atoms with Gasteiger partial charge in [-0.1, -0.05) is 60.7 Å². The lowest BCUT2D eigenvalue weighted by atomic mass is 10.1. The molecule has 0 aliphatic heterocycles. The zero-order valence-corrected chi connectivity index (χ0v) is 13.6. The maximum Gasteiger partial charge on any atom is 0.332 e. The van der Waals surface area contributed by atoms with Gasteiger partial charge in [0.1, 0.15) is 0 Å². The molecule has 2 unspecified atom stereocenters. The predicted molar refractivity (Wildman–Crippen MR) is 89.9 cm³/mol. The Morgan fingerprint density at radius 1 is 0.720 bits per heavy atom. The average Bonchev–Trinajstić information content (AvgIpc) is 2.62. The highest BCUT2D eigenvalue weighted by atomic mass is 16.5. The highest BCUT2D eigenvalue weighted by molar-refractivity contribution is 5.76. The van der Waals surface area contributed by atoms with Gasteiger partial charge in [-0.3, -0.25) is 0 Å². The highest BCUT2D eigenvalue weighted by Gasteiger charge is 2.28. The van der Waals surface area contributed by atoms with Crippen LogP contribution in [0.5, 0.6) is 0 Å². The number of aliphatic carboxylic acids is 2. The molecule has 25 heavy (non-hydrogen) atoms. The van der Waals surface area contributed by atoms with Crippen LogP contribution in [0.1, 0.15) is 17.5 Å². The molecule has 6 nitrogen and oxygen atoms in total. The molecular formula is C19H20O6. The van der Waals surface area contributed by atoms with Gasteiger partial charge >= 0.3 is 11.9 Å². The Hall–Kier alpha value is -2.70. The van der Waals surface area contributed by atoms with E-state index in [1.54, 1.807) is 24.3 Å². The Labute approximate surface area is 145 Å². The van der Waals surface area contributed by atoms with Gasteiger partial charge in [0.25, 0.3) is 0 Å². The molecule has 2 rings (SSSR count). The zero-order valence-electron chi connectivity index (χ0n) is 13.6. The molecule has 2 N–H and O–H groups in total. The Bertz CT molecular complexity index is 611. The van der Waals surface area contributed by atoms with E-state index >= 15 is 0 Å². The van der Waals surface area contributed by atoms with E-state index in [1.807, 2.05) is 36.4 Å². The minimum atomic E-state index is -1.27. The van der Waals surface area contributed by atoms with Gasteiger partial charge < -0.3 is 19.7 Å². The van der Waals surface area contributed by atoms with E-state index in [4.69, 9.17) is 9.47 Å². The second-order valence-corrected chi connectivity index (χ2v) is 5.48. The summed E-state index contributed by atoms with van der Waals surface area (Å²) in [5.41, 5.74) is 1.62. The molecule has 6 heteroatoms. The minimum absolute atomic E-state index is 0.0861. The van der Waals surface area contributed by atoms with Crippen molar-refractivity contribution in [3.05, 3.63) is 71.8 Å². The summed E-state index contributed by atoms with van der Waals surface area (Å²) in [6, 6.07) is 18.2. The standard InChI is InChI=1S/C19H20O6/c20-18(21)16(24-12-14-7-3-1-4-8-14)11-17(19(22)23)25-13-15-9-5-2-6-10-15/h1-10,16-17H,11-13H2,(H,20,21)(H,22,23). The van der Waals surface area contributed by atoms with Crippen LogP contribution in [0, 0.1) is 0 Å². The van der Waals surface area contributed by atoms with Crippen LogP contribution in [-0.2, 0) is 32.3 Å². The first-order valence-corrected chi connectivity index (χ1v) is 7.83. The number of carboxylic acids is 2. The van der Waals surface area contributed by atoms with Crippen LogP contribution in [0.4, 0.5) is 0 Å². The topological polar surface area (TPSA) is 93.1 Å². The van der Waals surface area contributed by atoms with E-state index in [9.17, 15) is 19.8 Å². The summed E-state index contributed by atoms with van der Waals surface area (Å²) in [7, 11) is 0. The Morgan fingerprint density at radius 2 is 1.08 bits per heavy atom. The molecule has 0 saturated heterocycles. The smallest absolute Gasteiger partial charge is 0.332 e. The lowest BCUT2D eigenvalue weighted by molar-refractivity contribution is -0.161. The van der Waals surface area contributed by atoms with E-state index < -0.39 is 24.1 Å². The minimum Gasteiger partial charge on any atom is -0.479 e. The molecule has 2 aromatic rings. The average molecular weight is 344 g/mol. The summed E-state index contributed by atoms with van der Waals surface area (Å²) >= 11 is 0. The monoisotopic (exact) mass is 344 g/mol. The highest BCUT2D eigenvalue weighted by Crippen LogP contribution is 2.13. The van der Waals surface area contributed by atoms with Crippen molar-refractivity contribution in [3.8, 4) is 0 Å². The summed E-state index contributed by atoms with van der Waals surface area (Å²) in [6.45, 7) is 0.172. The van der Waals surface area contributed by atoms with E-state index in [0.29, 0.717) is 0 Å². The molecule has 0 bridgehead atoms. The fraction of sp³-hybridized carbons (Fsp3) is 0.263. The number of ether oxygens (including phenoxy) is 2.